The smallest absolute Gasteiger partial charge is 0.337 e. The number of esters is 1. The second-order valence-corrected chi connectivity index (χ2v) is 3.92. The van der Waals surface area contributed by atoms with E-state index in [2.05, 4.69) is 4.74 Å². The Kier molecular flexibility index (Phi) is 4.15. The zero-order chi connectivity index (χ0) is 13.7. The van der Waals surface area contributed by atoms with Crippen LogP contribution in [-0.4, -0.2) is 18.2 Å². The third-order valence-corrected chi connectivity index (χ3v) is 2.60. The highest BCUT2D eigenvalue weighted by atomic mass is 16.5. The number of carbonyl (C=O) groups excluding carboxylic acids is 1. The number of benzene rings is 2. The summed E-state index contributed by atoms with van der Waals surface area (Å²) in [5, 5.41) is 8.95. The van der Waals surface area contributed by atoms with Crippen LogP contribution in [0.3, 0.4) is 0 Å². The summed E-state index contributed by atoms with van der Waals surface area (Å²) in [5.41, 5.74) is 1.25. The van der Waals surface area contributed by atoms with Crippen LogP contribution in [0.1, 0.15) is 15.9 Å². The molecule has 2 aromatic rings. The molecule has 0 aliphatic heterocycles. The first kappa shape index (κ1) is 13.1. The molecular weight excluding hydrogens is 244 g/mol. The molecule has 0 unspecified atom stereocenters. The van der Waals surface area contributed by atoms with Crippen LogP contribution >= 0.6 is 0 Å². The van der Waals surface area contributed by atoms with Crippen LogP contribution in [0.2, 0.25) is 0 Å². The Morgan fingerprint density at radius 3 is 2.47 bits per heavy atom. The molecule has 4 heteroatoms. The van der Waals surface area contributed by atoms with Gasteiger partial charge < -0.3 is 14.6 Å². The first-order chi connectivity index (χ1) is 9.22. The van der Waals surface area contributed by atoms with Crippen molar-refractivity contribution in [3.63, 3.8) is 0 Å². The van der Waals surface area contributed by atoms with Crippen molar-refractivity contribution >= 4 is 5.97 Å². The maximum atomic E-state index is 11.4. The molecule has 0 spiro atoms. The van der Waals surface area contributed by atoms with Crippen LogP contribution < -0.4 is 4.74 Å². The van der Waals surface area contributed by atoms with Crippen molar-refractivity contribution in [3.8, 4) is 11.5 Å². The fraction of sp³-hybridized carbons (Fsp3) is 0.133. The lowest BCUT2D eigenvalue weighted by Crippen LogP contribution is -2.00. The van der Waals surface area contributed by atoms with Crippen LogP contribution in [0.4, 0.5) is 0 Å². The molecule has 0 radical (unpaired) electrons. The van der Waals surface area contributed by atoms with Gasteiger partial charge in [0.25, 0.3) is 0 Å². The molecule has 0 aliphatic carbocycles. The normalized spacial score (nSPS) is 10.0. The lowest BCUT2D eigenvalue weighted by molar-refractivity contribution is 0.0600. The highest BCUT2D eigenvalue weighted by Gasteiger charge is 2.06. The van der Waals surface area contributed by atoms with E-state index in [9.17, 15) is 4.79 Å². The fourth-order valence-electron chi connectivity index (χ4n) is 1.60. The average Bonchev–Trinajstić information content (AvgIpc) is 2.47. The van der Waals surface area contributed by atoms with Crippen molar-refractivity contribution in [2.75, 3.05) is 7.11 Å². The van der Waals surface area contributed by atoms with Crippen LogP contribution in [0, 0.1) is 0 Å². The molecule has 0 saturated carbocycles. The van der Waals surface area contributed by atoms with Gasteiger partial charge in [-0.05, 0) is 35.9 Å². The first-order valence-electron chi connectivity index (χ1n) is 5.79. The van der Waals surface area contributed by atoms with E-state index in [-0.39, 0.29) is 6.61 Å². The van der Waals surface area contributed by atoms with E-state index >= 15 is 0 Å². The van der Waals surface area contributed by atoms with Gasteiger partial charge in [-0.1, -0.05) is 18.2 Å². The number of aliphatic hydroxyl groups is 1. The van der Waals surface area contributed by atoms with E-state index < -0.39 is 5.97 Å². The van der Waals surface area contributed by atoms with E-state index in [0.29, 0.717) is 17.1 Å². The van der Waals surface area contributed by atoms with Gasteiger partial charge in [-0.15, -0.1) is 0 Å². The Morgan fingerprint density at radius 1 is 1.11 bits per heavy atom. The molecule has 4 nitrogen and oxygen atoms in total. The molecule has 0 atom stereocenters. The quantitative estimate of drug-likeness (QED) is 0.857. The molecule has 98 valence electrons. The third kappa shape index (κ3) is 3.33. The van der Waals surface area contributed by atoms with Gasteiger partial charge in [0.1, 0.15) is 11.5 Å². The van der Waals surface area contributed by atoms with Crippen molar-refractivity contribution in [2.24, 2.45) is 0 Å². The van der Waals surface area contributed by atoms with Gasteiger partial charge in [-0.2, -0.15) is 0 Å². The second-order valence-electron chi connectivity index (χ2n) is 3.92. The van der Waals surface area contributed by atoms with Crippen LogP contribution in [0.25, 0.3) is 0 Å². The highest BCUT2D eigenvalue weighted by Crippen LogP contribution is 2.22. The number of methoxy groups -OCH3 is 1. The zero-order valence-electron chi connectivity index (χ0n) is 10.5. The maximum Gasteiger partial charge on any atom is 0.337 e. The van der Waals surface area contributed by atoms with Crippen LogP contribution in [0.5, 0.6) is 11.5 Å². The molecule has 19 heavy (non-hydrogen) atoms. The van der Waals surface area contributed by atoms with E-state index in [1.807, 2.05) is 0 Å². The largest absolute Gasteiger partial charge is 0.465 e. The van der Waals surface area contributed by atoms with Gasteiger partial charge in [0, 0.05) is 0 Å². The lowest BCUT2D eigenvalue weighted by atomic mass is 10.2. The Labute approximate surface area is 111 Å². The Hall–Kier alpha value is -2.33. The van der Waals surface area contributed by atoms with E-state index in [1.54, 1.807) is 48.5 Å². The molecule has 2 aromatic carbocycles. The predicted octanol–water partition coefficient (Wildman–Crippen LogP) is 2.76. The summed E-state index contributed by atoms with van der Waals surface area (Å²) in [6.45, 7) is -0.00188. The molecule has 0 amide bonds. The third-order valence-electron chi connectivity index (χ3n) is 2.60. The number of hydrogen-bond acceptors (Lipinski definition) is 4. The Morgan fingerprint density at radius 2 is 1.84 bits per heavy atom. The maximum absolute atomic E-state index is 11.4. The summed E-state index contributed by atoms with van der Waals surface area (Å²) < 4.78 is 10.3. The monoisotopic (exact) mass is 258 g/mol. The summed E-state index contributed by atoms with van der Waals surface area (Å²) in [6.07, 6.45) is 0. The lowest BCUT2D eigenvalue weighted by Gasteiger charge is -2.07. The van der Waals surface area contributed by atoms with Crippen LogP contribution in [0.15, 0.2) is 48.5 Å². The first-order valence-corrected chi connectivity index (χ1v) is 5.79. The summed E-state index contributed by atoms with van der Waals surface area (Å²) in [6, 6.07) is 13.8. The standard InChI is InChI=1S/C15H14O4/c1-18-15(17)12-3-2-4-14(9-12)19-13-7-5-11(10-16)6-8-13/h2-9,16H,10H2,1H3. The van der Waals surface area contributed by atoms with Gasteiger partial charge in [-0.25, -0.2) is 4.79 Å². The molecule has 0 saturated heterocycles. The van der Waals surface area contributed by atoms with Gasteiger partial charge in [0.05, 0.1) is 19.3 Å². The van der Waals surface area contributed by atoms with Crippen LogP contribution in [-0.2, 0) is 11.3 Å². The molecule has 0 aromatic heterocycles. The topological polar surface area (TPSA) is 55.8 Å². The minimum absolute atomic E-state index is 0.00188. The molecular formula is C15H14O4. The number of aliphatic hydroxyl groups excluding tert-OH is 1. The number of rotatable bonds is 4. The molecule has 2 rings (SSSR count). The van der Waals surface area contributed by atoms with Crippen molar-refractivity contribution in [1.29, 1.82) is 0 Å². The minimum atomic E-state index is -0.402. The number of hydrogen-bond donors (Lipinski definition) is 1. The van der Waals surface area contributed by atoms with Crippen molar-refractivity contribution in [3.05, 3.63) is 59.7 Å². The SMILES string of the molecule is COC(=O)c1cccc(Oc2ccc(CO)cc2)c1. The highest BCUT2D eigenvalue weighted by molar-refractivity contribution is 5.89. The molecule has 1 N–H and O–H groups in total. The van der Waals surface area contributed by atoms with Crippen molar-refractivity contribution in [1.82, 2.24) is 0 Å². The summed E-state index contributed by atoms with van der Waals surface area (Å²) in [7, 11) is 1.34. The van der Waals surface area contributed by atoms with E-state index in [0.717, 1.165) is 5.56 Å². The van der Waals surface area contributed by atoms with E-state index in [4.69, 9.17) is 9.84 Å². The van der Waals surface area contributed by atoms with Gasteiger partial charge >= 0.3 is 5.97 Å². The predicted molar refractivity (Wildman–Crippen MR) is 70.2 cm³/mol. The average molecular weight is 258 g/mol. The minimum Gasteiger partial charge on any atom is -0.465 e. The van der Waals surface area contributed by atoms with Gasteiger partial charge in [0.15, 0.2) is 0 Å². The number of carbonyl (C=O) groups is 1. The molecule has 0 fully saturated rings. The van der Waals surface area contributed by atoms with E-state index in [1.165, 1.54) is 7.11 Å². The second kappa shape index (κ2) is 6.02. The van der Waals surface area contributed by atoms with Crippen molar-refractivity contribution < 1.29 is 19.4 Å². The Balaban J connectivity index is 2.16. The van der Waals surface area contributed by atoms with Crippen molar-refractivity contribution in [2.45, 2.75) is 6.61 Å². The summed E-state index contributed by atoms with van der Waals surface area (Å²) in [4.78, 5) is 11.4. The molecule has 0 aliphatic rings. The molecule has 0 bridgehead atoms. The van der Waals surface area contributed by atoms with Gasteiger partial charge in [0.2, 0.25) is 0 Å². The van der Waals surface area contributed by atoms with Gasteiger partial charge in [-0.3, -0.25) is 0 Å². The summed E-state index contributed by atoms with van der Waals surface area (Å²) >= 11 is 0. The fourth-order valence-corrected chi connectivity index (χ4v) is 1.60. The summed E-state index contributed by atoms with van der Waals surface area (Å²) in [5.74, 6) is 0.792. The Bertz CT molecular complexity index is 561. The molecule has 0 heterocycles. The number of ether oxygens (including phenoxy) is 2. The zero-order valence-corrected chi connectivity index (χ0v) is 10.5.